The summed E-state index contributed by atoms with van der Waals surface area (Å²) in [6, 6.07) is 11.2. The summed E-state index contributed by atoms with van der Waals surface area (Å²) in [4.78, 5) is 0. The second kappa shape index (κ2) is 6.68. The van der Waals surface area contributed by atoms with Gasteiger partial charge in [0.25, 0.3) is 0 Å². The zero-order valence-electron chi connectivity index (χ0n) is 16.5. The second-order valence-electron chi connectivity index (χ2n) is 9.36. The molecule has 0 spiro atoms. The van der Waals surface area contributed by atoms with Crippen LogP contribution < -0.4 is 9.24 Å². The van der Waals surface area contributed by atoms with Crippen molar-refractivity contribution in [3.8, 4) is 5.75 Å². The van der Waals surface area contributed by atoms with Gasteiger partial charge in [-0.25, -0.2) is 0 Å². The number of thiophene rings is 1. The Morgan fingerprint density at radius 2 is 1.62 bits per heavy atom. The predicted octanol–water partition coefficient (Wildman–Crippen LogP) is 5.88. The van der Waals surface area contributed by atoms with Gasteiger partial charge in [-0.2, -0.15) is 11.3 Å². The van der Waals surface area contributed by atoms with E-state index >= 15 is 0 Å². The molecule has 0 fully saturated rings. The van der Waals surface area contributed by atoms with Crippen LogP contribution in [0.1, 0.15) is 52.7 Å². The molecule has 132 valence electrons. The van der Waals surface area contributed by atoms with E-state index < -0.39 is 8.07 Å². The van der Waals surface area contributed by atoms with E-state index in [-0.39, 0.29) is 10.8 Å². The minimum atomic E-state index is -1.56. The third kappa shape index (κ3) is 4.51. The van der Waals surface area contributed by atoms with Gasteiger partial charge in [-0.1, -0.05) is 78.9 Å². The summed E-state index contributed by atoms with van der Waals surface area (Å²) in [5.74, 6) is 1.06. The lowest BCUT2D eigenvalue weighted by Gasteiger charge is -2.28. The van der Waals surface area contributed by atoms with Gasteiger partial charge in [0.05, 0.1) is 6.23 Å². The third-order valence-corrected chi connectivity index (χ3v) is 9.49. The van der Waals surface area contributed by atoms with Gasteiger partial charge in [0, 0.05) is 0 Å². The highest BCUT2D eigenvalue weighted by molar-refractivity contribution is 7.25. The normalized spacial score (nSPS) is 13.2. The predicted molar refractivity (Wildman–Crippen MR) is 111 cm³/mol. The fourth-order valence-corrected chi connectivity index (χ4v) is 6.04. The highest BCUT2D eigenvalue weighted by Crippen LogP contribution is 2.35. The van der Waals surface area contributed by atoms with Crippen LogP contribution in [-0.2, 0) is 10.8 Å². The molecule has 0 bridgehead atoms. The van der Waals surface area contributed by atoms with Gasteiger partial charge in [0.15, 0.2) is 0 Å². The van der Waals surface area contributed by atoms with Crippen molar-refractivity contribution in [2.45, 2.75) is 65.5 Å². The Morgan fingerprint density at radius 3 is 2.12 bits per heavy atom. The third-order valence-electron chi connectivity index (χ3n) is 4.43. The molecule has 0 saturated heterocycles. The molecule has 0 saturated carbocycles. The first-order valence-electron chi connectivity index (χ1n) is 8.73. The summed E-state index contributed by atoms with van der Waals surface area (Å²) < 4.78 is 7.96. The number of ether oxygens (including phenoxy) is 1. The van der Waals surface area contributed by atoms with E-state index in [4.69, 9.17) is 4.74 Å². The Labute approximate surface area is 153 Å². The van der Waals surface area contributed by atoms with E-state index in [0.717, 1.165) is 12.0 Å². The van der Waals surface area contributed by atoms with Gasteiger partial charge in [-0.3, -0.25) is 0 Å². The maximum absolute atomic E-state index is 6.46. The van der Waals surface area contributed by atoms with Crippen LogP contribution in [0.5, 0.6) is 5.75 Å². The summed E-state index contributed by atoms with van der Waals surface area (Å²) in [5.41, 5.74) is 2.85. The maximum Gasteiger partial charge on any atom is 0.136 e. The van der Waals surface area contributed by atoms with Gasteiger partial charge >= 0.3 is 0 Å². The molecular formula is C21H32OSSi. The summed E-state index contributed by atoms with van der Waals surface area (Å²) in [6.07, 6.45) is 0.824. The fourth-order valence-electron chi connectivity index (χ4n) is 2.72. The lowest BCUT2D eigenvalue weighted by molar-refractivity contribution is 0.364. The van der Waals surface area contributed by atoms with Crippen LogP contribution in [0.3, 0.4) is 0 Å². The van der Waals surface area contributed by atoms with Crippen LogP contribution in [0.2, 0.25) is 13.1 Å². The summed E-state index contributed by atoms with van der Waals surface area (Å²) >= 11 is 1.86. The van der Waals surface area contributed by atoms with Gasteiger partial charge in [0.2, 0.25) is 0 Å². The first-order valence-corrected chi connectivity index (χ1v) is 12.8. The fraction of sp³-hybridized carbons (Fsp3) is 0.524. The van der Waals surface area contributed by atoms with Crippen molar-refractivity contribution in [1.29, 1.82) is 0 Å². The minimum Gasteiger partial charge on any atom is -0.496 e. The molecule has 0 aliphatic rings. The second-order valence-corrected chi connectivity index (χ2v) is 15.3. The standard InChI is InChI=1S/C21H32OSSi/c1-20(2,3)16-11-12-17(21(4,5)6)18(14-16)22-15-24(7,8)19-10-9-13-23-19/h9-14H,15H2,1-8H3. The number of hydrogen-bond acceptors (Lipinski definition) is 2. The quantitative estimate of drug-likeness (QED) is 0.619. The average Bonchev–Trinajstić information content (AvgIpc) is 2.98. The van der Waals surface area contributed by atoms with Crippen molar-refractivity contribution in [2.24, 2.45) is 0 Å². The molecule has 2 rings (SSSR count). The maximum atomic E-state index is 6.46. The molecule has 2 aromatic rings. The van der Waals surface area contributed by atoms with Gasteiger partial charge in [-0.15, -0.1) is 0 Å². The van der Waals surface area contributed by atoms with E-state index in [1.807, 2.05) is 11.3 Å². The molecule has 3 heteroatoms. The van der Waals surface area contributed by atoms with Gasteiger partial charge < -0.3 is 4.74 Å². The molecular weight excluding hydrogens is 328 g/mol. The molecule has 0 N–H and O–H groups in total. The Hall–Kier alpha value is -1.06. The number of rotatable bonds is 4. The van der Waals surface area contributed by atoms with E-state index in [1.54, 1.807) is 0 Å². The highest BCUT2D eigenvalue weighted by atomic mass is 32.1. The first kappa shape index (κ1) is 19.3. The summed E-state index contributed by atoms with van der Waals surface area (Å²) in [6.45, 7) is 18.3. The van der Waals surface area contributed by atoms with Crippen LogP contribution in [-0.4, -0.2) is 14.3 Å². The molecule has 0 unspecified atom stereocenters. The molecule has 0 amide bonds. The largest absolute Gasteiger partial charge is 0.496 e. The molecule has 1 aromatic heterocycles. The average molecular weight is 361 g/mol. The van der Waals surface area contributed by atoms with Crippen LogP contribution in [0.15, 0.2) is 35.7 Å². The number of hydrogen-bond donors (Lipinski definition) is 0. The highest BCUT2D eigenvalue weighted by Gasteiger charge is 2.28. The van der Waals surface area contributed by atoms with Crippen LogP contribution in [0, 0.1) is 0 Å². The Bertz CT molecular complexity index is 673. The Kier molecular flexibility index (Phi) is 5.36. The van der Waals surface area contributed by atoms with Crippen molar-refractivity contribution in [3.05, 3.63) is 46.8 Å². The number of benzene rings is 1. The summed E-state index contributed by atoms with van der Waals surface area (Å²) in [5, 5.41) is 2.17. The lowest BCUT2D eigenvalue weighted by Crippen LogP contribution is -2.46. The smallest absolute Gasteiger partial charge is 0.136 e. The molecule has 1 heterocycles. The van der Waals surface area contributed by atoms with Crippen LogP contribution in [0.4, 0.5) is 0 Å². The Morgan fingerprint density at radius 1 is 0.958 bits per heavy atom. The van der Waals surface area contributed by atoms with E-state index in [1.165, 1.54) is 15.6 Å². The summed E-state index contributed by atoms with van der Waals surface area (Å²) in [7, 11) is -1.56. The zero-order chi connectivity index (χ0) is 18.2. The first-order chi connectivity index (χ1) is 10.9. The van der Waals surface area contributed by atoms with Crippen LogP contribution >= 0.6 is 11.3 Å². The van der Waals surface area contributed by atoms with Crippen molar-refractivity contribution in [1.82, 2.24) is 0 Å². The molecule has 0 radical (unpaired) electrons. The Balaban J connectivity index is 2.33. The van der Waals surface area contributed by atoms with E-state index in [0.29, 0.717) is 0 Å². The van der Waals surface area contributed by atoms with Gasteiger partial charge in [-0.05, 0) is 37.9 Å². The van der Waals surface area contributed by atoms with Gasteiger partial charge in [0.1, 0.15) is 13.8 Å². The SMILES string of the molecule is CC(C)(C)c1ccc(C(C)(C)C)c(OC[Si](C)(C)c2cccs2)c1. The molecule has 0 aliphatic heterocycles. The lowest BCUT2D eigenvalue weighted by atomic mass is 9.81. The van der Waals surface area contributed by atoms with Crippen LogP contribution in [0.25, 0.3) is 0 Å². The van der Waals surface area contributed by atoms with Crippen molar-refractivity contribution in [2.75, 3.05) is 6.23 Å². The van der Waals surface area contributed by atoms with E-state index in [2.05, 4.69) is 90.3 Å². The molecule has 0 aliphatic carbocycles. The van der Waals surface area contributed by atoms with E-state index in [9.17, 15) is 0 Å². The topological polar surface area (TPSA) is 9.23 Å². The molecule has 1 aromatic carbocycles. The molecule has 24 heavy (non-hydrogen) atoms. The molecule has 1 nitrogen and oxygen atoms in total. The minimum absolute atomic E-state index is 0.0837. The van der Waals surface area contributed by atoms with Crippen molar-refractivity contribution >= 4 is 23.9 Å². The van der Waals surface area contributed by atoms with Crippen molar-refractivity contribution < 1.29 is 4.74 Å². The molecule has 0 atom stereocenters. The zero-order valence-corrected chi connectivity index (χ0v) is 18.3. The monoisotopic (exact) mass is 360 g/mol. The van der Waals surface area contributed by atoms with Crippen molar-refractivity contribution in [3.63, 3.8) is 0 Å².